The second-order valence-corrected chi connectivity index (χ2v) is 19.0. The molecule has 0 bridgehead atoms. The van der Waals surface area contributed by atoms with Gasteiger partial charge in [-0.2, -0.15) is 0 Å². The van der Waals surface area contributed by atoms with Crippen LogP contribution in [0, 0.1) is 5.41 Å². The quantitative estimate of drug-likeness (QED) is 0.172. The van der Waals surface area contributed by atoms with Crippen LogP contribution in [-0.4, -0.2) is 12.8 Å². The molecule has 0 saturated heterocycles. The van der Waals surface area contributed by atoms with Gasteiger partial charge >= 0.3 is 0 Å². The van der Waals surface area contributed by atoms with Gasteiger partial charge in [-0.3, -0.25) is 0 Å². The maximum Gasteiger partial charge on any atom is 0.252 e. The number of fused-ring (bicyclic) bond motifs is 4. The predicted molar refractivity (Wildman–Crippen MR) is 230 cm³/mol. The Bertz CT molecular complexity index is 2060. The second-order valence-electron chi connectivity index (χ2n) is 19.0. The molecule has 1 unspecified atom stereocenters. The highest BCUT2D eigenvalue weighted by atomic mass is 15.2. The Morgan fingerprint density at radius 1 is 0.585 bits per heavy atom. The third-order valence-corrected chi connectivity index (χ3v) is 13.5. The molecular formula is C50H59BN2. The highest BCUT2D eigenvalue weighted by Gasteiger charge is 2.44. The van der Waals surface area contributed by atoms with E-state index in [1.54, 1.807) is 11.1 Å². The van der Waals surface area contributed by atoms with Crippen molar-refractivity contribution >= 4 is 51.5 Å². The molecule has 2 aliphatic heterocycles. The summed E-state index contributed by atoms with van der Waals surface area (Å²) in [6.07, 6.45) is 21.9. The number of allylic oxidation sites excluding steroid dienone is 2. The first-order chi connectivity index (χ1) is 25.6. The summed E-state index contributed by atoms with van der Waals surface area (Å²) < 4.78 is 0. The second kappa shape index (κ2) is 13.4. The summed E-state index contributed by atoms with van der Waals surface area (Å²) in [6.45, 7) is 14.2. The van der Waals surface area contributed by atoms with E-state index in [4.69, 9.17) is 0 Å². The van der Waals surface area contributed by atoms with Gasteiger partial charge in [0.05, 0.1) is 6.04 Å². The van der Waals surface area contributed by atoms with E-state index in [1.165, 1.54) is 120 Å². The standard InChI is InChI=1S/C50H59BN2/c1-49(2,3)38-22-26-40(27-23-38)52-44-30-20-36(34-14-9-7-10-15-34)32-42(44)51-43-33-37(35-16-11-8-12-17-35)21-31-45(43)53(47-19-13-18-46(52)48(47)51)41-28-24-39(25-29-41)50(4,5)6/h13,18-28,30-35,41H,7-12,14-17,29H2,1-6H3. The molecular weight excluding hydrogens is 639 g/mol. The molecule has 0 amide bonds. The summed E-state index contributed by atoms with van der Waals surface area (Å²) in [5.41, 5.74) is 17.4. The third kappa shape index (κ3) is 6.21. The van der Waals surface area contributed by atoms with Gasteiger partial charge in [0.25, 0.3) is 6.71 Å². The third-order valence-electron chi connectivity index (χ3n) is 13.5. The van der Waals surface area contributed by atoms with Gasteiger partial charge in [0, 0.05) is 28.4 Å². The van der Waals surface area contributed by atoms with E-state index in [9.17, 15) is 0 Å². The molecule has 9 rings (SSSR count). The van der Waals surface area contributed by atoms with Crippen molar-refractivity contribution in [1.82, 2.24) is 0 Å². The smallest absolute Gasteiger partial charge is 0.252 e. The molecule has 2 nitrogen and oxygen atoms in total. The van der Waals surface area contributed by atoms with Crippen LogP contribution < -0.4 is 26.2 Å². The Morgan fingerprint density at radius 2 is 1.17 bits per heavy atom. The highest BCUT2D eigenvalue weighted by molar-refractivity contribution is 7.00. The van der Waals surface area contributed by atoms with Crippen LogP contribution in [0.15, 0.2) is 103 Å². The fraction of sp³-hybridized carbons (Fsp3) is 0.440. The molecule has 53 heavy (non-hydrogen) atoms. The number of hydrogen-bond donors (Lipinski definition) is 0. The van der Waals surface area contributed by atoms with Gasteiger partial charge in [0.2, 0.25) is 0 Å². The van der Waals surface area contributed by atoms with Gasteiger partial charge in [-0.1, -0.05) is 141 Å². The van der Waals surface area contributed by atoms with E-state index in [0.717, 1.165) is 6.42 Å². The van der Waals surface area contributed by atoms with Crippen LogP contribution in [0.1, 0.15) is 141 Å². The van der Waals surface area contributed by atoms with Crippen LogP contribution >= 0.6 is 0 Å². The molecule has 4 aromatic carbocycles. The lowest BCUT2D eigenvalue weighted by Crippen LogP contribution is -2.62. The van der Waals surface area contributed by atoms with E-state index in [1.807, 2.05) is 0 Å². The van der Waals surface area contributed by atoms with Crippen molar-refractivity contribution in [3.8, 4) is 0 Å². The molecule has 3 aliphatic carbocycles. The van der Waals surface area contributed by atoms with E-state index in [-0.39, 0.29) is 23.6 Å². The molecule has 4 aromatic rings. The molecule has 0 radical (unpaired) electrons. The molecule has 0 spiro atoms. The molecule has 3 heteroatoms. The van der Waals surface area contributed by atoms with Gasteiger partial charge in [0.15, 0.2) is 0 Å². The van der Waals surface area contributed by atoms with Crippen LogP contribution in [0.3, 0.4) is 0 Å². The van der Waals surface area contributed by atoms with Crippen LogP contribution in [0.4, 0.5) is 28.4 Å². The van der Waals surface area contributed by atoms with Crippen molar-refractivity contribution < 1.29 is 0 Å². The molecule has 1 atom stereocenters. The van der Waals surface area contributed by atoms with E-state index in [0.29, 0.717) is 11.8 Å². The summed E-state index contributed by atoms with van der Waals surface area (Å²) in [7, 11) is 0. The van der Waals surface area contributed by atoms with Crippen molar-refractivity contribution in [2.75, 3.05) is 9.80 Å². The Morgan fingerprint density at radius 3 is 1.74 bits per heavy atom. The van der Waals surface area contributed by atoms with Gasteiger partial charge in [0.1, 0.15) is 0 Å². The zero-order valence-corrected chi connectivity index (χ0v) is 33.2. The minimum absolute atomic E-state index is 0.110. The fourth-order valence-corrected chi connectivity index (χ4v) is 10.5. The lowest BCUT2D eigenvalue weighted by atomic mass is 9.33. The van der Waals surface area contributed by atoms with Gasteiger partial charge in [-0.15, -0.1) is 0 Å². The van der Waals surface area contributed by atoms with Crippen molar-refractivity contribution in [3.63, 3.8) is 0 Å². The van der Waals surface area contributed by atoms with Gasteiger partial charge in [-0.25, -0.2) is 0 Å². The van der Waals surface area contributed by atoms with Crippen LogP contribution in [0.2, 0.25) is 0 Å². The largest absolute Gasteiger partial charge is 0.335 e. The number of anilines is 5. The van der Waals surface area contributed by atoms with E-state index < -0.39 is 0 Å². The average molecular weight is 699 g/mol. The number of rotatable bonds is 4. The molecule has 272 valence electrons. The topological polar surface area (TPSA) is 6.48 Å². The normalized spacial score (nSPS) is 20.5. The lowest BCUT2D eigenvalue weighted by Gasteiger charge is -2.46. The monoisotopic (exact) mass is 698 g/mol. The van der Waals surface area contributed by atoms with Crippen molar-refractivity contribution in [2.45, 2.75) is 135 Å². The lowest BCUT2D eigenvalue weighted by molar-refractivity contribution is 0.444. The molecule has 0 N–H and O–H groups in total. The van der Waals surface area contributed by atoms with Crippen molar-refractivity contribution in [3.05, 3.63) is 119 Å². The average Bonchev–Trinajstić information content (AvgIpc) is 3.17. The van der Waals surface area contributed by atoms with E-state index in [2.05, 4.69) is 148 Å². The van der Waals surface area contributed by atoms with E-state index >= 15 is 0 Å². The van der Waals surface area contributed by atoms with Crippen LogP contribution in [-0.2, 0) is 5.41 Å². The van der Waals surface area contributed by atoms with Crippen LogP contribution in [0.5, 0.6) is 0 Å². The number of benzene rings is 4. The number of nitrogens with zero attached hydrogens (tertiary/aromatic N) is 2. The molecule has 2 fully saturated rings. The Hall–Kier alpha value is -3.98. The summed E-state index contributed by atoms with van der Waals surface area (Å²) in [4.78, 5) is 5.32. The maximum absolute atomic E-state index is 2.72. The SMILES string of the molecule is CC(C)(C)C1=CCC(N2c3ccc(C4CCCCC4)cc3B3c4cc(C5CCCCC5)ccc4N(c4ccc(C(C)(C)C)cc4)c4cccc2c43)C=C1. The summed E-state index contributed by atoms with van der Waals surface area (Å²) in [5.74, 6) is 1.33. The first-order valence-electron chi connectivity index (χ1n) is 21.1. The summed E-state index contributed by atoms with van der Waals surface area (Å²) >= 11 is 0. The van der Waals surface area contributed by atoms with Crippen LogP contribution in [0.25, 0.3) is 0 Å². The summed E-state index contributed by atoms with van der Waals surface area (Å²) in [5, 5.41) is 0. The number of hydrogen-bond acceptors (Lipinski definition) is 2. The minimum Gasteiger partial charge on any atom is -0.335 e. The first-order valence-corrected chi connectivity index (χ1v) is 21.1. The fourth-order valence-electron chi connectivity index (χ4n) is 10.5. The van der Waals surface area contributed by atoms with Crippen molar-refractivity contribution in [1.29, 1.82) is 0 Å². The minimum atomic E-state index is 0.110. The Balaban J connectivity index is 1.26. The first kappa shape index (κ1) is 34.8. The van der Waals surface area contributed by atoms with Gasteiger partial charge in [-0.05, 0) is 130 Å². The highest BCUT2D eigenvalue weighted by Crippen LogP contribution is 2.45. The van der Waals surface area contributed by atoms with Gasteiger partial charge < -0.3 is 9.80 Å². The zero-order valence-electron chi connectivity index (χ0n) is 33.2. The maximum atomic E-state index is 2.72. The molecule has 2 heterocycles. The predicted octanol–water partition coefficient (Wildman–Crippen LogP) is 12.1. The molecule has 0 aromatic heterocycles. The Labute approximate surface area is 320 Å². The molecule has 5 aliphatic rings. The Kier molecular flexibility index (Phi) is 8.79. The summed E-state index contributed by atoms with van der Waals surface area (Å²) in [6, 6.07) is 32.2. The molecule has 2 saturated carbocycles. The van der Waals surface area contributed by atoms with Crippen molar-refractivity contribution in [2.24, 2.45) is 5.41 Å². The zero-order chi connectivity index (χ0) is 36.5.